The number of pyridine rings is 1. The predicted molar refractivity (Wildman–Crippen MR) is 115 cm³/mol. The van der Waals surface area contributed by atoms with Gasteiger partial charge in [-0.3, -0.25) is 4.79 Å². The van der Waals surface area contributed by atoms with Gasteiger partial charge in [0.25, 0.3) is 5.91 Å². The number of carbonyl (C=O) groups is 2. The summed E-state index contributed by atoms with van der Waals surface area (Å²) >= 11 is 0. The molecule has 1 aliphatic rings. The summed E-state index contributed by atoms with van der Waals surface area (Å²) in [5, 5.41) is 0.816. The van der Waals surface area contributed by atoms with Crippen LogP contribution >= 0.6 is 0 Å². The van der Waals surface area contributed by atoms with Crippen molar-refractivity contribution in [2.24, 2.45) is 5.73 Å². The highest BCUT2D eigenvalue weighted by Gasteiger charge is 2.24. The molecule has 30 heavy (non-hydrogen) atoms. The van der Waals surface area contributed by atoms with Crippen molar-refractivity contribution < 1.29 is 14.3 Å². The summed E-state index contributed by atoms with van der Waals surface area (Å²) in [6.45, 7) is 2.04. The van der Waals surface area contributed by atoms with E-state index >= 15 is 0 Å². The molecule has 1 aliphatic heterocycles. The number of urea groups is 1. The smallest absolute Gasteiger partial charge is 0.314 e. The molecule has 1 aromatic heterocycles. The van der Waals surface area contributed by atoms with Crippen LogP contribution in [0, 0.1) is 0 Å². The van der Waals surface area contributed by atoms with Gasteiger partial charge in [-0.2, -0.15) is 0 Å². The van der Waals surface area contributed by atoms with Crippen LogP contribution in [0.25, 0.3) is 22.2 Å². The zero-order valence-electron chi connectivity index (χ0n) is 16.9. The number of hydrogen-bond donors (Lipinski definition) is 1. The van der Waals surface area contributed by atoms with Crippen LogP contribution in [0.3, 0.4) is 0 Å². The first-order chi connectivity index (χ1) is 14.6. The first kappa shape index (κ1) is 19.7. The molecule has 0 saturated carbocycles. The normalized spacial score (nSPS) is 14.4. The predicted octanol–water partition coefficient (Wildman–Crippen LogP) is 3.14. The summed E-state index contributed by atoms with van der Waals surface area (Å²) in [6.07, 6.45) is 0.697. The van der Waals surface area contributed by atoms with E-state index < -0.39 is 6.03 Å². The highest BCUT2D eigenvalue weighted by atomic mass is 16.5. The topological polar surface area (TPSA) is 88.8 Å². The van der Waals surface area contributed by atoms with Crippen LogP contribution in [-0.2, 0) is 0 Å². The highest BCUT2D eigenvalue weighted by molar-refractivity contribution is 6.07. The number of nitrogens with zero attached hydrogens (tertiary/aromatic N) is 3. The first-order valence-electron chi connectivity index (χ1n) is 9.94. The molecule has 1 saturated heterocycles. The van der Waals surface area contributed by atoms with Gasteiger partial charge in [-0.05, 0) is 42.8 Å². The lowest BCUT2D eigenvalue weighted by Gasteiger charge is -2.22. The van der Waals surface area contributed by atoms with Gasteiger partial charge in [0.2, 0.25) is 0 Å². The van der Waals surface area contributed by atoms with Crippen molar-refractivity contribution in [3.63, 3.8) is 0 Å². The lowest BCUT2D eigenvalue weighted by molar-refractivity contribution is 0.0764. The third kappa shape index (κ3) is 3.91. The molecule has 154 valence electrons. The van der Waals surface area contributed by atoms with Gasteiger partial charge in [0.15, 0.2) is 0 Å². The van der Waals surface area contributed by atoms with Gasteiger partial charge < -0.3 is 20.3 Å². The minimum Gasteiger partial charge on any atom is -0.497 e. The van der Waals surface area contributed by atoms with Crippen LogP contribution in [-0.4, -0.2) is 60.0 Å². The molecule has 0 spiro atoms. The van der Waals surface area contributed by atoms with Gasteiger partial charge in [-0.15, -0.1) is 0 Å². The van der Waals surface area contributed by atoms with Gasteiger partial charge >= 0.3 is 6.03 Å². The second-order valence-corrected chi connectivity index (χ2v) is 7.27. The van der Waals surface area contributed by atoms with Crippen molar-refractivity contribution in [1.29, 1.82) is 0 Å². The Morgan fingerprint density at radius 3 is 2.40 bits per heavy atom. The molecule has 0 aliphatic carbocycles. The number of primary amides is 1. The van der Waals surface area contributed by atoms with E-state index in [0.29, 0.717) is 38.2 Å². The third-order valence-corrected chi connectivity index (χ3v) is 5.43. The van der Waals surface area contributed by atoms with Crippen molar-refractivity contribution in [3.8, 4) is 17.0 Å². The Hall–Kier alpha value is -3.61. The Morgan fingerprint density at radius 1 is 0.967 bits per heavy atom. The number of benzene rings is 2. The summed E-state index contributed by atoms with van der Waals surface area (Å²) in [7, 11) is 1.63. The highest BCUT2D eigenvalue weighted by Crippen LogP contribution is 2.27. The number of carbonyl (C=O) groups excluding carboxylic acids is 2. The number of fused-ring (bicyclic) bond motifs is 1. The van der Waals surface area contributed by atoms with Gasteiger partial charge in [-0.1, -0.05) is 18.2 Å². The molecule has 2 aromatic carbocycles. The standard InChI is InChI=1S/C23H24N4O3/c1-30-17-9-7-16(8-10-17)21-15-19(18-5-2-3-6-20(18)25-21)22(28)26-11-4-12-27(14-13-26)23(24)29/h2-3,5-10,15H,4,11-14H2,1H3,(H2,24,29). The van der Waals surface area contributed by atoms with Crippen molar-refractivity contribution in [1.82, 2.24) is 14.8 Å². The Morgan fingerprint density at radius 2 is 1.67 bits per heavy atom. The Kier molecular flexibility index (Phi) is 5.52. The summed E-state index contributed by atoms with van der Waals surface area (Å²) < 4.78 is 5.24. The van der Waals surface area contributed by atoms with E-state index in [9.17, 15) is 9.59 Å². The van der Waals surface area contributed by atoms with Crippen LogP contribution in [0.15, 0.2) is 54.6 Å². The molecule has 1 fully saturated rings. The summed E-state index contributed by atoms with van der Waals surface area (Å²) in [5.41, 5.74) is 8.43. The van der Waals surface area contributed by atoms with Gasteiger partial charge in [0, 0.05) is 37.1 Å². The van der Waals surface area contributed by atoms with Crippen molar-refractivity contribution in [2.75, 3.05) is 33.3 Å². The second kappa shape index (κ2) is 8.41. The summed E-state index contributed by atoms with van der Waals surface area (Å²) in [5.74, 6) is 0.703. The van der Waals surface area contributed by atoms with Gasteiger partial charge in [0.05, 0.1) is 23.9 Å². The first-order valence-corrected chi connectivity index (χ1v) is 9.94. The fourth-order valence-corrected chi connectivity index (χ4v) is 3.77. The zero-order chi connectivity index (χ0) is 21.1. The van der Waals surface area contributed by atoms with E-state index in [1.165, 1.54) is 0 Å². The molecular formula is C23H24N4O3. The fraction of sp³-hybridized carbons (Fsp3) is 0.261. The number of hydrogen-bond acceptors (Lipinski definition) is 4. The number of aromatic nitrogens is 1. The summed E-state index contributed by atoms with van der Waals surface area (Å²) in [4.78, 5) is 33.1. The summed E-state index contributed by atoms with van der Waals surface area (Å²) in [6, 6.07) is 16.7. The van der Waals surface area contributed by atoms with E-state index in [-0.39, 0.29) is 5.91 Å². The van der Waals surface area contributed by atoms with E-state index in [0.717, 1.165) is 27.9 Å². The average molecular weight is 404 g/mol. The van der Waals surface area contributed by atoms with E-state index in [1.54, 1.807) is 16.9 Å². The Labute approximate surface area is 175 Å². The maximum absolute atomic E-state index is 13.5. The van der Waals surface area contributed by atoms with Crippen LogP contribution < -0.4 is 10.5 Å². The Balaban J connectivity index is 1.71. The minimum atomic E-state index is -0.444. The fourth-order valence-electron chi connectivity index (χ4n) is 3.77. The molecule has 0 unspecified atom stereocenters. The number of ether oxygens (including phenoxy) is 1. The SMILES string of the molecule is COc1ccc(-c2cc(C(=O)N3CCCN(C(N)=O)CC3)c3ccccc3n2)cc1. The molecule has 3 aromatic rings. The third-order valence-electron chi connectivity index (χ3n) is 5.43. The van der Waals surface area contributed by atoms with Crippen molar-refractivity contribution in [3.05, 3.63) is 60.2 Å². The molecule has 2 N–H and O–H groups in total. The van der Waals surface area contributed by atoms with Crippen LogP contribution in [0.2, 0.25) is 0 Å². The maximum atomic E-state index is 13.5. The van der Waals surface area contributed by atoms with Crippen LogP contribution in [0.5, 0.6) is 5.75 Å². The van der Waals surface area contributed by atoms with Crippen molar-refractivity contribution >= 4 is 22.8 Å². The lowest BCUT2D eigenvalue weighted by Crippen LogP contribution is -2.39. The van der Waals surface area contributed by atoms with E-state index in [1.807, 2.05) is 54.6 Å². The average Bonchev–Trinajstić information content (AvgIpc) is 3.04. The second-order valence-electron chi connectivity index (χ2n) is 7.27. The molecule has 3 amide bonds. The molecule has 0 bridgehead atoms. The molecule has 7 nitrogen and oxygen atoms in total. The van der Waals surface area contributed by atoms with E-state index in [4.69, 9.17) is 15.5 Å². The molecule has 0 radical (unpaired) electrons. The maximum Gasteiger partial charge on any atom is 0.314 e. The van der Waals surface area contributed by atoms with Crippen molar-refractivity contribution in [2.45, 2.75) is 6.42 Å². The molecule has 7 heteroatoms. The van der Waals surface area contributed by atoms with Gasteiger partial charge in [0.1, 0.15) is 5.75 Å². The number of para-hydroxylation sites is 1. The molecule has 2 heterocycles. The monoisotopic (exact) mass is 404 g/mol. The number of methoxy groups -OCH3 is 1. The minimum absolute atomic E-state index is 0.0605. The quantitative estimate of drug-likeness (QED) is 0.726. The number of nitrogens with two attached hydrogens (primary N) is 1. The molecule has 4 rings (SSSR count). The largest absolute Gasteiger partial charge is 0.497 e. The number of amides is 3. The van der Waals surface area contributed by atoms with E-state index in [2.05, 4.69) is 0 Å². The Bertz CT molecular complexity index is 1080. The number of rotatable bonds is 3. The lowest BCUT2D eigenvalue weighted by atomic mass is 10.0. The molecular weight excluding hydrogens is 380 g/mol. The van der Waals surface area contributed by atoms with Crippen LogP contribution in [0.1, 0.15) is 16.8 Å². The van der Waals surface area contributed by atoms with Gasteiger partial charge in [-0.25, -0.2) is 9.78 Å². The van der Waals surface area contributed by atoms with Crippen LogP contribution in [0.4, 0.5) is 4.79 Å². The zero-order valence-corrected chi connectivity index (χ0v) is 16.9. The molecule has 0 atom stereocenters.